The van der Waals surface area contributed by atoms with Crippen molar-refractivity contribution in [1.82, 2.24) is 10.3 Å². The van der Waals surface area contributed by atoms with Crippen LogP contribution in [0, 0.1) is 5.82 Å². The second-order valence-corrected chi connectivity index (χ2v) is 6.15. The topological polar surface area (TPSA) is 75.3 Å². The number of halogens is 2. The van der Waals surface area contributed by atoms with Crippen LogP contribution in [0.15, 0.2) is 53.4 Å². The number of amides is 1. The van der Waals surface area contributed by atoms with E-state index >= 15 is 0 Å². The van der Waals surface area contributed by atoms with Crippen LogP contribution in [0.2, 0.25) is 5.02 Å². The quantitative estimate of drug-likeness (QED) is 0.844. The van der Waals surface area contributed by atoms with Gasteiger partial charge in [-0.05, 0) is 36.4 Å². The van der Waals surface area contributed by atoms with Gasteiger partial charge in [-0.25, -0.2) is 12.8 Å². The largest absolute Gasteiger partial charge is 0.273 e. The third-order valence-electron chi connectivity index (χ3n) is 2.49. The summed E-state index contributed by atoms with van der Waals surface area (Å²) in [5.41, 5.74) is 2.21. The maximum atomic E-state index is 13.0. The molecule has 0 aliphatic rings. The van der Waals surface area contributed by atoms with Crippen LogP contribution in [-0.4, -0.2) is 14.3 Å². The van der Waals surface area contributed by atoms with Crippen LogP contribution < -0.4 is 10.3 Å². The van der Waals surface area contributed by atoms with E-state index in [-0.39, 0.29) is 10.5 Å². The molecule has 0 aromatic heterocycles. The summed E-state index contributed by atoms with van der Waals surface area (Å²) in [5, 5.41) is 0.343. The fraction of sp³-hybridized carbons (Fsp3) is 0. The molecule has 1 amide bonds. The normalized spacial score (nSPS) is 11.1. The molecular formula is C13H10ClFN2O3S. The van der Waals surface area contributed by atoms with Gasteiger partial charge in [-0.3, -0.25) is 10.2 Å². The minimum Gasteiger partial charge on any atom is -0.273 e. The van der Waals surface area contributed by atoms with Crippen LogP contribution in [-0.2, 0) is 10.0 Å². The fourth-order valence-corrected chi connectivity index (χ4v) is 2.57. The molecule has 0 heterocycles. The lowest BCUT2D eigenvalue weighted by Crippen LogP contribution is -2.41. The summed E-state index contributed by atoms with van der Waals surface area (Å²) in [4.78, 5) is 13.4. The summed E-state index contributed by atoms with van der Waals surface area (Å²) in [6.45, 7) is 0. The minimum absolute atomic E-state index is 0.185. The zero-order chi connectivity index (χ0) is 15.5. The highest BCUT2D eigenvalue weighted by Gasteiger charge is 2.16. The molecule has 0 atom stereocenters. The van der Waals surface area contributed by atoms with Crippen LogP contribution in [0.25, 0.3) is 0 Å². The minimum atomic E-state index is -4.05. The first-order valence-electron chi connectivity index (χ1n) is 5.72. The standard InChI is InChI=1S/C13H10ClFN2O3S/c14-10-4-1-3-9(7-10)13(18)16-17-21(19,20)12-6-2-5-11(15)8-12/h1-8,17H,(H,16,18). The zero-order valence-corrected chi connectivity index (χ0v) is 12.1. The Hall–Kier alpha value is -1.96. The van der Waals surface area contributed by atoms with Gasteiger partial charge in [-0.15, -0.1) is 4.83 Å². The van der Waals surface area contributed by atoms with Crippen molar-refractivity contribution < 1.29 is 17.6 Å². The molecule has 110 valence electrons. The van der Waals surface area contributed by atoms with E-state index in [2.05, 4.69) is 0 Å². The van der Waals surface area contributed by atoms with Gasteiger partial charge >= 0.3 is 0 Å². The smallest absolute Gasteiger partial charge is 0.266 e. The molecule has 0 saturated carbocycles. The lowest BCUT2D eigenvalue weighted by molar-refractivity contribution is 0.0945. The van der Waals surface area contributed by atoms with Crippen LogP contribution in [0.4, 0.5) is 4.39 Å². The number of hydrogen-bond donors (Lipinski definition) is 2. The van der Waals surface area contributed by atoms with E-state index in [9.17, 15) is 17.6 Å². The van der Waals surface area contributed by atoms with Gasteiger partial charge in [0.25, 0.3) is 15.9 Å². The SMILES string of the molecule is O=C(NNS(=O)(=O)c1cccc(F)c1)c1cccc(Cl)c1. The van der Waals surface area contributed by atoms with Crippen molar-refractivity contribution >= 4 is 27.5 Å². The number of carbonyl (C=O) groups is 1. The predicted octanol–water partition coefficient (Wildman–Crippen LogP) is 2.10. The molecule has 0 bridgehead atoms. The summed E-state index contributed by atoms with van der Waals surface area (Å²) in [7, 11) is -4.05. The number of nitrogens with one attached hydrogen (secondary N) is 2. The molecule has 5 nitrogen and oxygen atoms in total. The number of hydrogen-bond acceptors (Lipinski definition) is 3. The Morgan fingerprint density at radius 2 is 1.81 bits per heavy atom. The fourth-order valence-electron chi connectivity index (χ4n) is 1.51. The van der Waals surface area contributed by atoms with Crippen LogP contribution in [0.1, 0.15) is 10.4 Å². The van der Waals surface area contributed by atoms with Crippen LogP contribution >= 0.6 is 11.6 Å². The Bertz CT molecular complexity index is 780. The Morgan fingerprint density at radius 1 is 1.10 bits per heavy atom. The van der Waals surface area contributed by atoms with Gasteiger partial charge in [0.1, 0.15) is 5.82 Å². The van der Waals surface area contributed by atoms with Crippen molar-refractivity contribution in [2.75, 3.05) is 0 Å². The lowest BCUT2D eigenvalue weighted by Gasteiger charge is -2.08. The highest BCUT2D eigenvalue weighted by molar-refractivity contribution is 7.89. The first kappa shape index (κ1) is 15.4. The van der Waals surface area contributed by atoms with Crippen LogP contribution in [0.3, 0.4) is 0 Å². The molecule has 0 spiro atoms. The molecule has 0 radical (unpaired) electrons. The molecule has 0 unspecified atom stereocenters. The Labute approximate surface area is 125 Å². The first-order valence-corrected chi connectivity index (χ1v) is 7.58. The van der Waals surface area contributed by atoms with E-state index in [0.717, 1.165) is 12.1 Å². The Morgan fingerprint density at radius 3 is 2.48 bits per heavy atom. The average molecular weight is 329 g/mol. The van der Waals surface area contributed by atoms with Crippen molar-refractivity contribution in [1.29, 1.82) is 0 Å². The average Bonchev–Trinajstić information content (AvgIpc) is 2.45. The maximum absolute atomic E-state index is 13.0. The van der Waals surface area contributed by atoms with Gasteiger partial charge in [0.15, 0.2) is 0 Å². The molecule has 21 heavy (non-hydrogen) atoms. The molecule has 0 aliphatic carbocycles. The molecule has 2 aromatic carbocycles. The van der Waals surface area contributed by atoms with Crippen molar-refractivity contribution in [3.05, 3.63) is 64.9 Å². The van der Waals surface area contributed by atoms with Crippen LogP contribution in [0.5, 0.6) is 0 Å². The number of hydrazine groups is 1. The molecule has 2 N–H and O–H groups in total. The second kappa shape index (κ2) is 6.21. The highest BCUT2D eigenvalue weighted by atomic mass is 35.5. The number of benzene rings is 2. The summed E-state index contributed by atoms with van der Waals surface area (Å²) < 4.78 is 36.7. The van der Waals surface area contributed by atoms with E-state index < -0.39 is 21.7 Å². The summed E-state index contributed by atoms with van der Waals surface area (Å²) in [5.74, 6) is -1.38. The van der Waals surface area contributed by atoms with Gasteiger partial charge in [0.2, 0.25) is 0 Å². The third kappa shape index (κ3) is 4.01. The highest BCUT2D eigenvalue weighted by Crippen LogP contribution is 2.11. The number of carbonyl (C=O) groups excluding carboxylic acids is 1. The zero-order valence-electron chi connectivity index (χ0n) is 10.5. The number of sulfonamides is 1. The summed E-state index contributed by atoms with van der Waals surface area (Å²) in [6, 6.07) is 10.4. The van der Waals surface area contributed by atoms with Gasteiger partial charge in [-0.2, -0.15) is 0 Å². The Kier molecular flexibility index (Phi) is 4.56. The molecule has 0 saturated heterocycles. The van der Waals surface area contributed by atoms with E-state index in [4.69, 9.17) is 11.6 Å². The molecule has 2 rings (SSSR count). The van der Waals surface area contributed by atoms with E-state index in [1.165, 1.54) is 24.3 Å². The van der Waals surface area contributed by atoms with Gasteiger partial charge in [-0.1, -0.05) is 23.7 Å². The molecule has 0 aliphatic heterocycles. The third-order valence-corrected chi connectivity index (χ3v) is 3.97. The Balaban J connectivity index is 2.10. The lowest BCUT2D eigenvalue weighted by atomic mass is 10.2. The number of rotatable bonds is 4. The molecular weight excluding hydrogens is 319 g/mol. The predicted molar refractivity (Wildman–Crippen MR) is 75.6 cm³/mol. The molecule has 8 heteroatoms. The maximum Gasteiger partial charge on any atom is 0.266 e. The molecule has 2 aromatic rings. The monoisotopic (exact) mass is 328 g/mol. The van der Waals surface area contributed by atoms with Crippen molar-refractivity contribution in [3.63, 3.8) is 0 Å². The van der Waals surface area contributed by atoms with Crippen molar-refractivity contribution in [3.8, 4) is 0 Å². The van der Waals surface area contributed by atoms with Crippen molar-refractivity contribution in [2.24, 2.45) is 0 Å². The van der Waals surface area contributed by atoms with E-state index in [1.54, 1.807) is 12.1 Å². The summed E-state index contributed by atoms with van der Waals surface area (Å²) >= 11 is 5.73. The van der Waals surface area contributed by atoms with E-state index in [0.29, 0.717) is 5.02 Å². The van der Waals surface area contributed by atoms with Crippen molar-refractivity contribution in [2.45, 2.75) is 4.90 Å². The van der Waals surface area contributed by atoms with E-state index in [1.807, 2.05) is 10.3 Å². The first-order chi connectivity index (χ1) is 9.88. The van der Waals surface area contributed by atoms with Gasteiger partial charge in [0, 0.05) is 10.6 Å². The van der Waals surface area contributed by atoms with Gasteiger partial charge < -0.3 is 0 Å². The molecule has 0 fully saturated rings. The summed E-state index contributed by atoms with van der Waals surface area (Å²) in [6.07, 6.45) is 0. The second-order valence-electron chi connectivity index (χ2n) is 4.03. The van der Waals surface area contributed by atoms with Gasteiger partial charge in [0.05, 0.1) is 4.90 Å².